The number of amides is 2. The Bertz CT molecular complexity index is 490. The molecule has 1 aromatic rings. The average molecular weight is 278 g/mol. The third kappa shape index (κ3) is 3.00. The predicted molar refractivity (Wildman–Crippen MR) is 75.1 cm³/mol. The maximum Gasteiger partial charge on any atom is 0.256 e. The molecule has 1 N–H and O–H groups in total. The molecule has 0 aromatic carbocycles. The minimum atomic E-state index is -0.154. The number of nitrogens with zero attached hydrogens (tertiary/aromatic N) is 3. The topological polar surface area (TPSA) is 69.3 Å². The average Bonchev–Trinajstić information content (AvgIpc) is 2.96. The lowest BCUT2D eigenvalue weighted by molar-refractivity contribution is -0.131. The number of carbonyl (C=O) groups is 2. The van der Waals surface area contributed by atoms with Crippen molar-refractivity contribution >= 4 is 11.8 Å². The first-order chi connectivity index (χ1) is 9.29. The Hall–Kier alpha value is -1.85. The summed E-state index contributed by atoms with van der Waals surface area (Å²) in [5.41, 5.74) is 0.392. The Morgan fingerprint density at radius 3 is 2.75 bits per heavy atom. The number of H-pyrrole nitrogens is 1. The highest BCUT2D eigenvalue weighted by Gasteiger charge is 2.36. The van der Waals surface area contributed by atoms with E-state index in [-0.39, 0.29) is 23.3 Å². The fourth-order valence-electron chi connectivity index (χ4n) is 2.61. The van der Waals surface area contributed by atoms with Crippen LogP contribution in [0.2, 0.25) is 0 Å². The molecule has 110 valence electrons. The second-order valence-electron chi connectivity index (χ2n) is 6.42. The van der Waals surface area contributed by atoms with Crippen LogP contribution in [-0.4, -0.2) is 57.5 Å². The van der Waals surface area contributed by atoms with Crippen molar-refractivity contribution in [1.82, 2.24) is 20.0 Å². The lowest BCUT2D eigenvalue weighted by atomic mass is 10.1. The molecule has 2 amide bonds. The van der Waals surface area contributed by atoms with Crippen LogP contribution in [0, 0.1) is 5.92 Å². The number of hydrogen-bond acceptors (Lipinski definition) is 3. The van der Waals surface area contributed by atoms with Gasteiger partial charge in [0.05, 0.1) is 11.8 Å². The zero-order valence-corrected chi connectivity index (χ0v) is 12.5. The molecule has 1 fully saturated rings. The molecule has 6 heteroatoms. The number of likely N-dealkylation sites (tertiary alicyclic amines) is 1. The van der Waals surface area contributed by atoms with Gasteiger partial charge in [0.2, 0.25) is 5.91 Å². The molecule has 1 aliphatic rings. The van der Waals surface area contributed by atoms with Gasteiger partial charge in [0.15, 0.2) is 0 Å². The van der Waals surface area contributed by atoms with Crippen LogP contribution < -0.4 is 0 Å². The van der Waals surface area contributed by atoms with Gasteiger partial charge in [0, 0.05) is 44.2 Å². The number of aromatic amines is 1. The molecule has 6 nitrogen and oxygen atoms in total. The van der Waals surface area contributed by atoms with E-state index in [0.717, 1.165) is 0 Å². The van der Waals surface area contributed by atoms with E-state index in [1.165, 1.54) is 6.20 Å². The third-order valence-corrected chi connectivity index (χ3v) is 3.64. The normalized spacial score (nSPS) is 19.5. The number of hydrogen-bond donors (Lipinski definition) is 1. The lowest BCUT2D eigenvalue weighted by Gasteiger charge is -2.32. The summed E-state index contributed by atoms with van der Waals surface area (Å²) in [7, 11) is 1.76. The van der Waals surface area contributed by atoms with Crippen molar-refractivity contribution in [2.75, 3.05) is 20.1 Å². The highest BCUT2D eigenvalue weighted by Crippen LogP contribution is 2.26. The Morgan fingerprint density at radius 2 is 2.25 bits per heavy atom. The van der Waals surface area contributed by atoms with Gasteiger partial charge in [-0.3, -0.25) is 14.7 Å². The van der Waals surface area contributed by atoms with E-state index in [4.69, 9.17) is 0 Å². The molecule has 1 aliphatic heterocycles. The zero-order valence-electron chi connectivity index (χ0n) is 12.5. The Balaban J connectivity index is 1.95. The predicted octanol–water partition coefficient (Wildman–Crippen LogP) is 1.13. The summed E-state index contributed by atoms with van der Waals surface area (Å²) in [5.74, 6) is 0.301. The van der Waals surface area contributed by atoms with Gasteiger partial charge < -0.3 is 9.80 Å². The Labute approximate surface area is 119 Å². The van der Waals surface area contributed by atoms with Gasteiger partial charge in [-0.15, -0.1) is 0 Å². The second-order valence-corrected chi connectivity index (χ2v) is 6.42. The van der Waals surface area contributed by atoms with E-state index in [0.29, 0.717) is 25.1 Å². The van der Waals surface area contributed by atoms with Crippen molar-refractivity contribution in [2.24, 2.45) is 5.92 Å². The molecule has 0 radical (unpaired) electrons. The largest absolute Gasteiger partial charge is 0.341 e. The molecule has 1 atom stereocenters. The zero-order chi connectivity index (χ0) is 14.9. The molecule has 2 rings (SSSR count). The van der Waals surface area contributed by atoms with E-state index in [1.807, 2.05) is 25.7 Å². The van der Waals surface area contributed by atoms with Crippen molar-refractivity contribution in [2.45, 2.75) is 32.7 Å². The molecule has 1 saturated heterocycles. The molecule has 2 heterocycles. The summed E-state index contributed by atoms with van der Waals surface area (Å²) in [6.07, 6.45) is 3.61. The monoisotopic (exact) mass is 278 g/mol. The van der Waals surface area contributed by atoms with Gasteiger partial charge in [0.1, 0.15) is 0 Å². The van der Waals surface area contributed by atoms with E-state index in [1.54, 1.807) is 18.1 Å². The molecular formula is C14H22N4O2. The highest BCUT2D eigenvalue weighted by atomic mass is 16.2. The molecule has 1 aromatic heterocycles. The van der Waals surface area contributed by atoms with Crippen molar-refractivity contribution in [3.8, 4) is 0 Å². The van der Waals surface area contributed by atoms with Crippen LogP contribution >= 0.6 is 0 Å². The summed E-state index contributed by atoms with van der Waals surface area (Å²) in [4.78, 5) is 27.7. The molecule has 0 aliphatic carbocycles. The lowest BCUT2D eigenvalue weighted by Crippen LogP contribution is -2.43. The Kier molecular flexibility index (Phi) is 3.83. The summed E-state index contributed by atoms with van der Waals surface area (Å²) in [5, 5.41) is 6.41. The number of aromatic nitrogens is 2. The fraction of sp³-hybridized carbons (Fsp3) is 0.643. The van der Waals surface area contributed by atoms with Crippen LogP contribution in [0.4, 0.5) is 0 Å². The smallest absolute Gasteiger partial charge is 0.256 e. The van der Waals surface area contributed by atoms with E-state index in [2.05, 4.69) is 10.2 Å². The van der Waals surface area contributed by atoms with Crippen molar-refractivity contribution in [3.63, 3.8) is 0 Å². The molecule has 0 saturated carbocycles. The summed E-state index contributed by atoms with van der Waals surface area (Å²) >= 11 is 0. The SMILES string of the molecule is CN(C[C@@H]1CC(=O)N(C(C)(C)C)C1)C(=O)c1cn[nH]c1. The van der Waals surface area contributed by atoms with Crippen LogP contribution in [0.1, 0.15) is 37.6 Å². The Morgan fingerprint density at radius 1 is 1.55 bits per heavy atom. The van der Waals surface area contributed by atoms with Crippen LogP contribution in [0.3, 0.4) is 0 Å². The number of carbonyl (C=O) groups excluding carboxylic acids is 2. The summed E-state index contributed by atoms with van der Waals surface area (Å²) in [6.45, 7) is 7.41. The number of nitrogens with one attached hydrogen (secondary N) is 1. The molecule has 0 spiro atoms. The fourth-order valence-corrected chi connectivity index (χ4v) is 2.61. The third-order valence-electron chi connectivity index (χ3n) is 3.64. The van der Waals surface area contributed by atoms with Gasteiger partial charge in [-0.25, -0.2) is 0 Å². The summed E-state index contributed by atoms with van der Waals surface area (Å²) < 4.78 is 0. The van der Waals surface area contributed by atoms with Crippen molar-refractivity contribution < 1.29 is 9.59 Å². The first-order valence-electron chi connectivity index (χ1n) is 6.83. The maximum atomic E-state index is 12.1. The quantitative estimate of drug-likeness (QED) is 0.901. The molecule has 0 unspecified atom stereocenters. The first-order valence-corrected chi connectivity index (χ1v) is 6.83. The number of rotatable bonds is 3. The molecular weight excluding hydrogens is 256 g/mol. The van der Waals surface area contributed by atoms with Gasteiger partial charge in [0.25, 0.3) is 5.91 Å². The minimum Gasteiger partial charge on any atom is -0.341 e. The molecule has 20 heavy (non-hydrogen) atoms. The van der Waals surface area contributed by atoms with Gasteiger partial charge in [-0.1, -0.05) is 0 Å². The van der Waals surface area contributed by atoms with E-state index >= 15 is 0 Å². The van der Waals surface area contributed by atoms with E-state index in [9.17, 15) is 9.59 Å². The van der Waals surface area contributed by atoms with Gasteiger partial charge in [-0.05, 0) is 20.8 Å². The highest BCUT2D eigenvalue weighted by molar-refractivity contribution is 5.93. The second kappa shape index (κ2) is 5.26. The van der Waals surface area contributed by atoms with Crippen molar-refractivity contribution in [3.05, 3.63) is 18.0 Å². The minimum absolute atomic E-state index is 0.0691. The van der Waals surface area contributed by atoms with Gasteiger partial charge >= 0.3 is 0 Å². The van der Waals surface area contributed by atoms with E-state index < -0.39 is 0 Å². The van der Waals surface area contributed by atoms with Crippen LogP contribution in [0.5, 0.6) is 0 Å². The van der Waals surface area contributed by atoms with Crippen molar-refractivity contribution in [1.29, 1.82) is 0 Å². The van der Waals surface area contributed by atoms with Crippen LogP contribution in [0.25, 0.3) is 0 Å². The van der Waals surface area contributed by atoms with Crippen LogP contribution in [0.15, 0.2) is 12.4 Å². The van der Waals surface area contributed by atoms with Gasteiger partial charge in [-0.2, -0.15) is 5.10 Å². The standard InChI is InChI=1S/C14H22N4O2/c1-14(2,3)18-9-10(5-12(18)19)8-17(4)13(20)11-6-15-16-7-11/h6-7,10H,5,8-9H2,1-4H3,(H,15,16)/t10-/m0/s1. The molecule has 0 bridgehead atoms. The maximum absolute atomic E-state index is 12.1. The first kappa shape index (κ1) is 14.6. The van der Waals surface area contributed by atoms with Crippen LogP contribution in [-0.2, 0) is 4.79 Å². The summed E-state index contributed by atoms with van der Waals surface area (Å²) in [6, 6.07) is 0.